The summed E-state index contributed by atoms with van der Waals surface area (Å²) in [5.41, 5.74) is 0. The molecule has 2 rings (SSSR count). The van der Waals surface area contributed by atoms with E-state index in [-0.39, 0.29) is 0 Å². The molecular weight excluding hydrogens is 272 g/mol. The van der Waals surface area contributed by atoms with Crippen molar-refractivity contribution in [3.05, 3.63) is 44.0 Å². The molecule has 0 unspecified atom stereocenters. The Balaban J connectivity index is 1.55. The standard InChI is InChI=1S/C18H30N4/c1-3-5-10-20-15-16-22(18-20)12-9-7-6-8-11-21-14-13-19(4-2)17-21/h4,13-18H,2-3,5-12H2,1H3/q+2. The van der Waals surface area contributed by atoms with E-state index in [1.807, 2.05) is 17.0 Å². The predicted molar refractivity (Wildman–Crippen MR) is 89.0 cm³/mol. The molecule has 0 aromatic carbocycles. The largest absolute Gasteiger partial charge is 0.248 e. The second kappa shape index (κ2) is 9.23. The zero-order chi connectivity index (χ0) is 15.6. The molecule has 0 bridgehead atoms. The monoisotopic (exact) mass is 302 g/mol. The Kier molecular flexibility index (Phi) is 6.94. The molecule has 22 heavy (non-hydrogen) atoms. The van der Waals surface area contributed by atoms with E-state index in [1.54, 1.807) is 0 Å². The number of aromatic nitrogens is 4. The topological polar surface area (TPSA) is 17.6 Å². The molecule has 0 fully saturated rings. The van der Waals surface area contributed by atoms with Gasteiger partial charge in [0, 0.05) is 0 Å². The molecule has 0 saturated heterocycles. The van der Waals surface area contributed by atoms with Crippen molar-refractivity contribution in [3.8, 4) is 0 Å². The van der Waals surface area contributed by atoms with Crippen molar-refractivity contribution < 1.29 is 9.13 Å². The summed E-state index contributed by atoms with van der Waals surface area (Å²) < 4.78 is 8.82. The molecule has 0 radical (unpaired) electrons. The average molecular weight is 302 g/mol. The summed E-state index contributed by atoms with van der Waals surface area (Å²) in [7, 11) is 0. The van der Waals surface area contributed by atoms with Gasteiger partial charge in [-0.15, -0.1) is 0 Å². The molecule has 0 aliphatic heterocycles. The maximum Gasteiger partial charge on any atom is 0.248 e. The molecule has 120 valence electrons. The summed E-state index contributed by atoms with van der Waals surface area (Å²) in [5, 5.41) is 0. The van der Waals surface area contributed by atoms with E-state index in [2.05, 4.69) is 58.4 Å². The highest BCUT2D eigenvalue weighted by atomic mass is 15.1. The lowest BCUT2D eigenvalue weighted by Gasteiger charge is -1.99. The lowest BCUT2D eigenvalue weighted by Crippen LogP contribution is -2.31. The number of imidazole rings is 2. The fourth-order valence-electron chi connectivity index (χ4n) is 2.64. The van der Waals surface area contributed by atoms with E-state index >= 15 is 0 Å². The van der Waals surface area contributed by atoms with Crippen LogP contribution in [0.5, 0.6) is 0 Å². The Hall–Kier alpha value is -1.84. The van der Waals surface area contributed by atoms with Gasteiger partial charge in [0.15, 0.2) is 0 Å². The third-order valence-electron chi connectivity index (χ3n) is 4.02. The minimum atomic E-state index is 1.10. The van der Waals surface area contributed by atoms with Gasteiger partial charge in [-0.2, -0.15) is 0 Å². The van der Waals surface area contributed by atoms with E-state index in [4.69, 9.17) is 0 Å². The van der Waals surface area contributed by atoms with Gasteiger partial charge in [0.25, 0.3) is 0 Å². The van der Waals surface area contributed by atoms with Crippen LogP contribution in [0.3, 0.4) is 0 Å². The Morgan fingerprint density at radius 3 is 2.23 bits per heavy atom. The Morgan fingerprint density at radius 1 is 0.909 bits per heavy atom. The van der Waals surface area contributed by atoms with Crippen molar-refractivity contribution in [2.24, 2.45) is 0 Å². The van der Waals surface area contributed by atoms with Crippen molar-refractivity contribution in [3.63, 3.8) is 0 Å². The zero-order valence-electron chi connectivity index (χ0n) is 13.9. The second-order valence-electron chi connectivity index (χ2n) is 5.94. The fraction of sp³-hybridized carbons (Fsp3) is 0.556. The molecule has 4 nitrogen and oxygen atoms in total. The average Bonchev–Trinajstić information content (AvgIpc) is 3.17. The normalized spacial score (nSPS) is 11.0. The van der Waals surface area contributed by atoms with Crippen LogP contribution >= 0.6 is 0 Å². The van der Waals surface area contributed by atoms with E-state index in [0.29, 0.717) is 0 Å². The summed E-state index contributed by atoms with van der Waals surface area (Å²) in [4.78, 5) is 0. The molecule has 0 N–H and O–H groups in total. The third-order valence-corrected chi connectivity index (χ3v) is 4.02. The maximum absolute atomic E-state index is 3.76. The maximum atomic E-state index is 3.76. The Bertz CT molecular complexity index is 553. The summed E-state index contributed by atoms with van der Waals surface area (Å²) in [6, 6.07) is 0. The number of nitrogens with zero attached hydrogens (tertiary/aromatic N) is 4. The van der Waals surface area contributed by atoms with E-state index in [0.717, 1.165) is 19.6 Å². The number of hydrogen-bond donors (Lipinski definition) is 0. The molecule has 0 atom stereocenters. The molecule has 0 aliphatic carbocycles. The lowest BCUT2D eigenvalue weighted by atomic mass is 10.2. The first kappa shape index (κ1) is 16.5. The van der Waals surface area contributed by atoms with Crippen molar-refractivity contribution in [1.29, 1.82) is 0 Å². The highest BCUT2D eigenvalue weighted by Crippen LogP contribution is 2.00. The Labute approximate surface area is 134 Å². The molecule has 2 heterocycles. The van der Waals surface area contributed by atoms with Crippen molar-refractivity contribution >= 4 is 6.20 Å². The van der Waals surface area contributed by atoms with Gasteiger partial charge >= 0.3 is 0 Å². The number of aryl methyl sites for hydroxylation is 3. The quantitative estimate of drug-likeness (QED) is 0.448. The first-order valence-corrected chi connectivity index (χ1v) is 8.55. The van der Waals surface area contributed by atoms with E-state index in [1.165, 1.54) is 38.5 Å². The van der Waals surface area contributed by atoms with Gasteiger partial charge < -0.3 is 0 Å². The van der Waals surface area contributed by atoms with Crippen LogP contribution in [0.4, 0.5) is 0 Å². The molecule has 0 saturated carbocycles. The van der Waals surface area contributed by atoms with E-state index in [9.17, 15) is 0 Å². The number of hydrogen-bond acceptors (Lipinski definition) is 0. The molecule has 0 amide bonds. The molecule has 0 aliphatic rings. The summed E-state index contributed by atoms with van der Waals surface area (Å²) in [6.07, 6.45) is 22.3. The van der Waals surface area contributed by atoms with Gasteiger partial charge in [0.1, 0.15) is 24.8 Å². The zero-order valence-corrected chi connectivity index (χ0v) is 13.9. The van der Waals surface area contributed by atoms with Crippen LogP contribution in [-0.4, -0.2) is 9.13 Å². The van der Waals surface area contributed by atoms with Gasteiger partial charge in [-0.3, -0.25) is 0 Å². The smallest absolute Gasteiger partial charge is 0.237 e. The summed E-state index contributed by atoms with van der Waals surface area (Å²) in [5.74, 6) is 0. The van der Waals surface area contributed by atoms with Crippen molar-refractivity contribution in [2.75, 3.05) is 0 Å². The molecule has 4 heteroatoms. The SMILES string of the molecule is C=Cn1cc[n+](CCCCCC[n+]2ccn(CCCC)c2)c1. The van der Waals surface area contributed by atoms with Crippen LogP contribution < -0.4 is 9.13 Å². The van der Waals surface area contributed by atoms with Crippen LogP contribution in [0.15, 0.2) is 44.0 Å². The van der Waals surface area contributed by atoms with Gasteiger partial charge in [0.05, 0.1) is 25.8 Å². The van der Waals surface area contributed by atoms with Crippen LogP contribution in [0.1, 0.15) is 45.4 Å². The minimum absolute atomic E-state index is 1.10. The highest BCUT2D eigenvalue weighted by Gasteiger charge is 2.03. The molecular formula is C18H30N4+2. The lowest BCUT2D eigenvalue weighted by molar-refractivity contribution is -0.698. The third kappa shape index (κ3) is 5.51. The first-order chi connectivity index (χ1) is 10.8. The fourth-order valence-corrected chi connectivity index (χ4v) is 2.64. The van der Waals surface area contributed by atoms with Gasteiger partial charge in [0.2, 0.25) is 12.7 Å². The van der Waals surface area contributed by atoms with Gasteiger partial charge in [-0.05, 0) is 32.1 Å². The predicted octanol–water partition coefficient (Wildman–Crippen LogP) is 3.03. The Morgan fingerprint density at radius 2 is 1.59 bits per heavy atom. The van der Waals surface area contributed by atoms with Crippen LogP contribution in [0.2, 0.25) is 0 Å². The van der Waals surface area contributed by atoms with Gasteiger partial charge in [-0.1, -0.05) is 19.9 Å². The second-order valence-corrected chi connectivity index (χ2v) is 5.94. The van der Waals surface area contributed by atoms with Crippen LogP contribution in [-0.2, 0) is 19.6 Å². The highest BCUT2D eigenvalue weighted by molar-refractivity contribution is 5.12. The van der Waals surface area contributed by atoms with E-state index < -0.39 is 0 Å². The van der Waals surface area contributed by atoms with Crippen molar-refractivity contribution in [2.45, 2.75) is 65.1 Å². The number of rotatable bonds is 11. The minimum Gasteiger partial charge on any atom is -0.237 e. The molecule has 2 aromatic heterocycles. The first-order valence-electron chi connectivity index (χ1n) is 8.55. The molecule has 2 aromatic rings. The van der Waals surface area contributed by atoms with Gasteiger partial charge in [-0.25, -0.2) is 18.3 Å². The number of unbranched alkanes of at least 4 members (excludes halogenated alkanes) is 4. The van der Waals surface area contributed by atoms with Crippen LogP contribution in [0, 0.1) is 0 Å². The van der Waals surface area contributed by atoms with Crippen LogP contribution in [0.25, 0.3) is 6.20 Å². The summed E-state index contributed by atoms with van der Waals surface area (Å²) >= 11 is 0. The molecule has 0 spiro atoms. The van der Waals surface area contributed by atoms with Crippen molar-refractivity contribution in [1.82, 2.24) is 9.13 Å². The summed E-state index contributed by atoms with van der Waals surface area (Å²) in [6.45, 7) is 9.38.